The first kappa shape index (κ1) is 17.5. The van der Waals surface area contributed by atoms with Crippen molar-refractivity contribution in [2.75, 3.05) is 13.2 Å². The van der Waals surface area contributed by atoms with Crippen molar-refractivity contribution in [3.05, 3.63) is 59.9 Å². The van der Waals surface area contributed by atoms with E-state index in [0.29, 0.717) is 25.6 Å². The summed E-state index contributed by atoms with van der Waals surface area (Å²) in [7, 11) is 0. The predicted octanol–water partition coefficient (Wildman–Crippen LogP) is 3.21. The molecular formula is C18H21N3O3. The van der Waals surface area contributed by atoms with Crippen LogP contribution in [0.3, 0.4) is 0 Å². The van der Waals surface area contributed by atoms with Crippen LogP contribution >= 0.6 is 0 Å². The Morgan fingerprint density at radius 3 is 2.67 bits per heavy atom. The van der Waals surface area contributed by atoms with Crippen molar-refractivity contribution in [3.63, 3.8) is 0 Å². The third-order valence-corrected chi connectivity index (χ3v) is 3.02. The van der Waals surface area contributed by atoms with E-state index in [9.17, 15) is 4.79 Å². The van der Waals surface area contributed by atoms with Crippen LogP contribution in [0.15, 0.2) is 48.8 Å². The Morgan fingerprint density at radius 1 is 1.21 bits per heavy atom. The third kappa shape index (κ3) is 6.48. The van der Waals surface area contributed by atoms with E-state index >= 15 is 0 Å². The van der Waals surface area contributed by atoms with Gasteiger partial charge in [-0.05, 0) is 18.9 Å². The number of alkyl carbamates (subject to hydrolysis) is 1. The predicted molar refractivity (Wildman–Crippen MR) is 91.5 cm³/mol. The van der Waals surface area contributed by atoms with Crippen LogP contribution in [-0.2, 0) is 11.3 Å². The summed E-state index contributed by atoms with van der Waals surface area (Å²) in [5.41, 5.74) is 1.84. The Balaban J connectivity index is 1.62. The third-order valence-electron chi connectivity index (χ3n) is 3.02. The fourth-order valence-corrected chi connectivity index (χ4v) is 1.87. The van der Waals surface area contributed by atoms with Gasteiger partial charge < -0.3 is 14.8 Å². The van der Waals surface area contributed by atoms with Crippen LogP contribution in [0.1, 0.15) is 24.5 Å². The van der Waals surface area contributed by atoms with E-state index in [-0.39, 0.29) is 6.61 Å². The highest BCUT2D eigenvalue weighted by molar-refractivity contribution is 5.67. The Bertz CT molecular complexity index is 642. The molecule has 0 aliphatic rings. The van der Waals surface area contributed by atoms with E-state index in [0.717, 1.165) is 11.1 Å². The molecule has 1 amide bonds. The lowest BCUT2D eigenvalue weighted by Gasteiger charge is -2.05. The summed E-state index contributed by atoms with van der Waals surface area (Å²) in [5, 5.41) is 2.70. The summed E-state index contributed by atoms with van der Waals surface area (Å²) in [6.45, 7) is 3.20. The van der Waals surface area contributed by atoms with Crippen LogP contribution in [0.5, 0.6) is 6.01 Å². The molecule has 0 bridgehead atoms. The minimum absolute atomic E-state index is 0.270. The van der Waals surface area contributed by atoms with Crippen molar-refractivity contribution < 1.29 is 14.3 Å². The Labute approximate surface area is 141 Å². The molecule has 0 fully saturated rings. The van der Waals surface area contributed by atoms with Crippen LogP contribution in [0, 0.1) is 0 Å². The summed E-state index contributed by atoms with van der Waals surface area (Å²) in [6, 6.07) is 9.94. The van der Waals surface area contributed by atoms with Gasteiger partial charge in [0.1, 0.15) is 6.61 Å². The highest BCUT2D eigenvalue weighted by atomic mass is 16.5. The molecule has 24 heavy (non-hydrogen) atoms. The summed E-state index contributed by atoms with van der Waals surface area (Å²) in [5.74, 6) is 0. The molecule has 0 spiro atoms. The van der Waals surface area contributed by atoms with Gasteiger partial charge in [0.2, 0.25) is 0 Å². The highest BCUT2D eigenvalue weighted by Crippen LogP contribution is 2.04. The summed E-state index contributed by atoms with van der Waals surface area (Å²) >= 11 is 0. The Morgan fingerprint density at radius 2 is 1.96 bits per heavy atom. The van der Waals surface area contributed by atoms with Crippen LogP contribution in [0.25, 0.3) is 6.08 Å². The van der Waals surface area contributed by atoms with Crippen molar-refractivity contribution in [1.82, 2.24) is 15.3 Å². The van der Waals surface area contributed by atoms with Gasteiger partial charge in [0, 0.05) is 24.5 Å². The standard InChI is InChI=1S/C18H21N3O3/c1-2-23-17-20-12-16(13-21-17)10-6-7-11-19-18(22)24-14-15-8-4-3-5-9-15/h3-6,8-10,12-13H,2,7,11,14H2,1H3,(H,19,22). The molecule has 0 radical (unpaired) electrons. The average Bonchev–Trinajstić information content (AvgIpc) is 2.62. The first-order valence-corrected chi connectivity index (χ1v) is 7.84. The van der Waals surface area contributed by atoms with E-state index in [1.54, 1.807) is 12.4 Å². The molecule has 0 atom stereocenters. The number of hydrogen-bond acceptors (Lipinski definition) is 5. The van der Waals surface area contributed by atoms with Crippen LogP contribution < -0.4 is 10.1 Å². The quantitative estimate of drug-likeness (QED) is 0.754. The number of rotatable bonds is 8. The van der Waals surface area contributed by atoms with Crippen molar-refractivity contribution >= 4 is 12.2 Å². The lowest BCUT2D eigenvalue weighted by atomic mass is 10.2. The lowest BCUT2D eigenvalue weighted by Crippen LogP contribution is -2.24. The van der Waals surface area contributed by atoms with Gasteiger partial charge in [-0.25, -0.2) is 14.8 Å². The SMILES string of the molecule is CCOc1ncc(C=CCCNC(=O)OCc2ccccc2)cn1. The Hall–Kier alpha value is -2.89. The molecule has 2 rings (SSSR count). The van der Waals surface area contributed by atoms with Crippen molar-refractivity contribution in [2.45, 2.75) is 20.0 Å². The van der Waals surface area contributed by atoms with Gasteiger partial charge in [0.25, 0.3) is 0 Å². The number of amides is 1. The molecule has 6 nitrogen and oxygen atoms in total. The van der Waals surface area contributed by atoms with Crippen LogP contribution in [-0.4, -0.2) is 29.2 Å². The van der Waals surface area contributed by atoms with Gasteiger partial charge in [0.15, 0.2) is 0 Å². The number of hydrogen-bond donors (Lipinski definition) is 1. The number of nitrogens with zero attached hydrogens (tertiary/aromatic N) is 2. The minimum Gasteiger partial charge on any atom is -0.464 e. The number of nitrogens with one attached hydrogen (secondary N) is 1. The zero-order chi connectivity index (χ0) is 17.0. The normalized spacial score (nSPS) is 10.5. The summed E-state index contributed by atoms with van der Waals surface area (Å²) in [6.07, 6.45) is 7.49. The maximum absolute atomic E-state index is 11.6. The molecule has 0 unspecified atom stereocenters. The molecule has 126 valence electrons. The van der Waals surface area contributed by atoms with Gasteiger partial charge >= 0.3 is 12.1 Å². The summed E-state index contributed by atoms with van der Waals surface area (Å²) < 4.78 is 10.3. The lowest BCUT2D eigenvalue weighted by molar-refractivity contribution is 0.140. The minimum atomic E-state index is -0.420. The highest BCUT2D eigenvalue weighted by Gasteiger charge is 2.00. The Kier molecular flexibility index (Phi) is 7.27. The smallest absolute Gasteiger partial charge is 0.407 e. The van der Waals surface area contributed by atoms with E-state index < -0.39 is 6.09 Å². The monoisotopic (exact) mass is 327 g/mol. The molecule has 1 N–H and O–H groups in total. The zero-order valence-corrected chi connectivity index (χ0v) is 13.6. The maximum atomic E-state index is 11.6. The fraction of sp³-hybridized carbons (Fsp3) is 0.278. The zero-order valence-electron chi connectivity index (χ0n) is 13.6. The van der Waals surface area contributed by atoms with E-state index in [1.165, 1.54) is 0 Å². The van der Waals surface area contributed by atoms with Crippen molar-refractivity contribution in [2.24, 2.45) is 0 Å². The number of benzene rings is 1. The van der Waals surface area contributed by atoms with E-state index in [4.69, 9.17) is 9.47 Å². The topological polar surface area (TPSA) is 73.3 Å². The molecular weight excluding hydrogens is 306 g/mol. The second kappa shape index (κ2) is 9.99. The fourth-order valence-electron chi connectivity index (χ4n) is 1.87. The second-order valence-electron chi connectivity index (χ2n) is 4.91. The molecule has 1 aromatic carbocycles. The van der Waals surface area contributed by atoms with E-state index in [1.807, 2.05) is 49.4 Å². The molecule has 1 aromatic heterocycles. The number of ether oxygens (including phenoxy) is 2. The van der Waals surface area contributed by atoms with E-state index in [2.05, 4.69) is 15.3 Å². The number of aromatic nitrogens is 2. The van der Waals surface area contributed by atoms with Gasteiger partial charge in [-0.15, -0.1) is 0 Å². The maximum Gasteiger partial charge on any atom is 0.407 e. The van der Waals surface area contributed by atoms with Crippen molar-refractivity contribution in [3.8, 4) is 6.01 Å². The van der Waals surface area contributed by atoms with Gasteiger partial charge in [-0.3, -0.25) is 0 Å². The van der Waals surface area contributed by atoms with Gasteiger partial charge in [-0.2, -0.15) is 0 Å². The molecule has 6 heteroatoms. The first-order valence-electron chi connectivity index (χ1n) is 7.84. The summed E-state index contributed by atoms with van der Waals surface area (Å²) in [4.78, 5) is 19.7. The van der Waals surface area contributed by atoms with Crippen LogP contribution in [0.2, 0.25) is 0 Å². The van der Waals surface area contributed by atoms with Crippen LogP contribution in [0.4, 0.5) is 4.79 Å². The van der Waals surface area contributed by atoms with Crippen molar-refractivity contribution in [1.29, 1.82) is 0 Å². The molecule has 0 saturated heterocycles. The number of carbonyl (C=O) groups excluding carboxylic acids is 1. The molecule has 2 aromatic rings. The molecule has 0 aliphatic carbocycles. The molecule has 1 heterocycles. The number of carbonyl (C=O) groups is 1. The first-order chi connectivity index (χ1) is 11.8. The molecule has 0 saturated carbocycles. The van der Waals surface area contributed by atoms with Gasteiger partial charge in [0.05, 0.1) is 6.61 Å². The second-order valence-corrected chi connectivity index (χ2v) is 4.91. The molecule has 0 aliphatic heterocycles. The average molecular weight is 327 g/mol. The van der Waals surface area contributed by atoms with Gasteiger partial charge in [-0.1, -0.05) is 42.5 Å². The largest absolute Gasteiger partial charge is 0.464 e.